The lowest BCUT2D eigenvalue weighted by molar-refractivity contribution is 0.611. The van der Waals surface area contributed by atoms with Gasteiger partial charge in [-0.15, -0.1) is 0 Å². The summed E-state index contributed by atoms with van der Waals surface area (Å²) in [6.07, 6.45) is 1.24. The molecule has 1 atom stereocenters. The summed E-state index contributed by atoms with van der Waals surface area (Å²) >= 11 is 2.02. The fourth-order valence-electron chi connectivity index (χ4n) is 2.18. The zero-order chi connectivity index (χ0) is 11.7. The van der Waals surface area contributed by atoms with Crippen LogP contribution in [0.15, 0.2) is 0 Å². The lowest BCUT2D eigenvalue weighted by Gasteiger charge is -2.26. The first kappa shape index (κ1) is 11.6. The Morgan fingerprint density at radius 1 is 1.62 bits per heavy atom. The van der Waals surface area contributed by atoms with Crippen molar-refractivity contribution in [1.29, 1.82) is 0 Å². The Hall–Kier alpha value is -0.840. The maximum atomic E-state index is 6.12. The molecule has 0 amide bonds. The van der Waals surface area contributed by atoms with Crippen molar-refractivity contribution in [2.75, 3.05) is 29.2 Å². The van der Waals surface area contributed by atoms with Gasteiger partial charge in [0.25, 0.3) is 0 Å². The Morgan fingerprint density at radius 2 is 2.38 bits per heavy atom. The van der Waals surface area contributed by atoms with Gasteiger partial charge in [-0.1, -0.05) is 0 Å². The van der Waals surface area contributed by atoms with Gasteiger partial charge in [-0.2, -0.15) is 16.9 Å². The normalized spacial score (nSPS) is 20.3. The van der Waals surface area contributed by atoms with Crippen LogP contribution in [0.1, 0.15) is 19.0 Å². The average Bonchev–Trinajstić information content (AvgIpc) is 2.88. The van der Waals surface area contributed by atoms with Gasteiger partial charge in [0.05, 0.1) is 11.4 Å². The van der Waals surface area contributed by atoms with Crippen molar-refractivity contribution in [1.82, 2.24) is 9.78 Å². The molecule has 1 aliphatic rings. The first-order chi connectivity index (χ1) is 7.65. The van der Waals surface area contributed by atoms with Crippen molar-refractivity contribution < 1.29 is 0 Å². The average molecular weight is 240 g/mol. The zero-order valence-corrected chi connectivity index (χ0v) is 11.0. The van der Waals surface area contributed by atoms with Crippen LogP contribution in [0.3, 0.4) is 0 Å². The van der Waals surface area contributed by atoms with Crippen LogP contribution < -0.4 is 10.6 Å². The van der Waals surface area contributed by atoms with E-state index in [1.165, 1.54) is 17.9 Å². The van der Waals surface area contributed by atoms with Gasteiger partial charge >= 0.3 is 0 Å². The molecule has 1 saturated heterocycles. The minimum atomic E-state index is 0.605. The fraction of sp³-hybridized carbons (Fsp3) is 0.727. The number of hydrogen-bond acceptors (Lipinski definition) is 4. The number of aromatic nitrogens is 2. The van der Waals surface area contributed by atoms with Crippen molar-refractivity contribution in [2.24, 2.45) is 0 Å². The minimum absolute atomic E-state index is 0.605. The first-order valence-electron chi connectivity index (χ1n) is 5.78. The smallest absolute Gasteiger partial charge is 0.150 e. The van der Waals surface area contributed by atoms with Gasteiger partial charge in [0.15, 0.2) is 5.82 Å². The predicted molar refractivity (Wildman–Crippen MR) is 71.2 cm³/mol. The van der Waals surface area contributed by atoms with Crippen molar-refractivity contribution in [3.05, 3.63) is 5.69 Å². The van der Waals surface area contributed by atoms with Crippen molar-refractivity contribution in [3.63, 3.8) is 0 Å². The maximum absolute atomic E-state index is 6.12. The summed E-state index contributed by atoms with van der Waals surface area (Å²) < 4.78 is 2.01. The van der Waals surface area contributed by atoms with Gasteiger partial charge in [-0.25, -0.2) is 4.68 Å². The third-order valence-electron chi connectivity index (χ3n) is 3.23. The summed E-state index contributed by atoms with van der Waals surface area (Å²) in [5, 5.41) is 4.46. The van der Waals surface area contributed by atoms with E-state index in [2.05, 4.69) is 24.0 Å². The number of rotatable bonds is 3. The van der Waals surface area contributed by atoms with Crippen LogP contribution in [0.5, 0.6) is 0 Å². The fourth-order valence-corrected chi connectivity index (χ4v) is 3.44. The van der Waals surface area contributed by atoms with Gasteiger partial charge in [-0.05, 0) is 26.0 Å². The van der Waals surface area contributed by atoms with Gasteiger partial charge in [0.1, 0.15) is 0 Å². The number of anilines is 2. The van der Waals surface area contributed by atoms with Crippen LogP contribution >= 0.6 is 11.8 Å². The van der Waals surface area contributed by atoms with Gasteiger partial charge in [-0.3, -0.25) is 0 Å². The lowest BCUT2D eigenvalue weighted by atomic mass is 10.2. The summed E-state index contributed by atoms with van der Waals surface area (Å²) in [7, 11) is 2.13. The monoisotopic (exact) mass is 240 g/mol. The summed E-state index contributed by atoms with van der Waals surface area (Å²) in [5.74, 6) is 3.55. The Bertz CT molecular complexity index is 368. The maximum Gasteiger partial charge on any atom is 0.150 e. The summed E-state index contributed by atoms with van der Waals surface area (Å²) in [5.41, 5.74) is 7.89. The van der Waals surface area contributed by atoms with Crippen molar-refractivity contribution in [2.45, 2.75) is 32.9 Å². The Labute approximate surface area is 101 Å². The molecule has 0 aromatic carbocycles. The standard InChI is InChI=1S/C11H20N4S/c1-4-15-11(10(12)8(2)13-15)14(3)9-5-6-16-7-9/h9H,4-7,12H2,1-3H3. The molecular weight excluding hydrogens is 220 g/mol. The molecular formula is C11H20N4S. The van der Waals surface area contributed by atoms with Crippen LogP contribution in [0.2, 0.25) is 0 Å². The number of aryl methyl sites for hydroxylation is 2. The van der Waals surface area contributed by atoms with Crippen molar-refractivity contribution in [3.8, 4) is 0 Å². The second kappa shape index (κ2) is 4.57. The van der Waals surface area contributed by atoms with Gasteiger partial charge in [0.2, 0.25) is 0 Å². The minimum Gasteiger partial charge on any atom is -0.394 e. The number of nitrogens with zero attached hydrogens (tertiary/aromatic N) is 3. The third-order valence-corrected chi connectivity index (χ3v) is 4.38. The summed E-state index contributed by atoms with van der Waals surface area (Å²) in [6.45, 7) is 4.95. The lowest BCUT2D eigenvalue weighted by Crippen LogP contribution is -2.33. The van der Waals surface area contributed by atoms with Crippen LogP contribution in [0, 0.1) is 6.92 Å². The van der Waals surface area contributed by atoms with Crippen LogP contribution in [0.4, 0.5) is 11.5 Å². The van der Waals surface area contributed by atoms with Crippen LogP contribution in [-0.2, 0) is 6.54 Å². The second-order valence-corrected chi connectivity index (χ2v) is 5.42. The number of thioether (sulfide) groups is 1. The quantitative estimate of drug-likeness (QED) is 0.874. The molecule has 0 aliphatic carbocycles. The molecule has 4 nitrogen and oxygen atoms in total. The van der Waals surface area contributed by atoms with E-state index in [0.717, 1.165) is 23.7 Å². The molecule has 2 heterocycles. The molecule has 1 aromatic heterocycles. The highest BCUT2D eigenvalue weighted by Gasteiger charge is 2.25. The molecule has 16 heavy (non-hydrogen) atoms. The highest BCUT2D eigenvalue weighted by molar-refractivity contribution is 7.99. The Balaban J connectivity index is 2.30. The molecule has 0 radical (unpaired) electrons. The third kappa shape index (κ3) is 1.88. The molecule has 1 aromatic rings. The Morgan fingerprint density at radius 3 is 2.94 bits per heavy atom. The van der Waals surface area contributed by atoms with E-state index < -0.39 is 0 Å². The first-order valence-corrected chi connectivity index (χ1v) is 6.94. The molecule has 5 heteroatoms. The van der Waals surface area contributed by atoms with E-state index in [1.54, 1.807) is 0 Å². The van der Waals surface area contributed by atoms with E-state index in [1.807, 2.05) is 23.4 Å². The molecule has 0 saturated carbocycles. The summed E-state index contributed by atoms with van der Waals surface area (Å²) in [4.78, 5) is 2.30. The van der Waals surface area contributed by atoms with E-state index in [-0.39, 0.29) is 0 Å². The van der Waals surface area contributed by atoms with Gasteiger partial charge < -0.3 is 10.6 Å². The second-order valence-electron chi connectivity index (χ2n) is 4.27. The molecule has 0 spiro atoms. The molecule has 1 aliphatic heterocycles. The van der Waals surface area contributed by atoms with Crippen LogP contribution in [-0.4, -0.2) is 34.4 Å². The van der Waals surface area contributed by atoms with E-state index >= 15 is 0 Å². The molecule has 0 bridgehead atoms. The Kier molecular flexibility index (Phi) is 3.33. The molecule has 1 unspecified atom stereocenters. The molecule has 90 valence electrons. The highest BCUT2D eigenvalue weighted by Crippen LogP contribution is 2.31. The molecule has 2 N–H and O–H groups in total. The zero-order valence-electron chi connectivity index (χ0n) is 10.2. The SMILES string of the molecule is CCn1nc(C)c(N)c1N(C)C1CCSC1. The predicted octanol–water partition coefficient (Wildman–Crippen LogP) is 1.74. The van der Waals surface area contributed by atoms with Crippen molar-refractivity contribution >= 4 is 23.3 Å². The number of hydrogen-bond donors (Lipinski definition) is 1. The molecule has 2 rings (SSSR count). The van der Waals surface area contributed by atoms with Crippen LogP contribution in [0.25, 0.3) is 0 Å². The topological polar surface area (TPSA) is 47.1 Å². The highest BCUT2D eigenvalue weighted by atomic mass is 32.2. The van der Waals surface area contributed by atoms with E-state index in [0.29, 0.717) is 6.04 Å². The van der Waals surface area contributed by atoms with Gasteiger partial charge in [0, 0.05) is 25.4 Å². The number of nitrogens with two attached hydrogens (primary N) is 1. The summed E-state index contributed by atoms with van der Waals surface area (Å²) in [6, 6.07) is 0.605. The van der Waals surface area contributed by atoms with E-state index in [4.69, 9.17) is 5.73 Å². The molecule has 1 fully saturated rings. The number of nitrogen functional groups attached to an aromatic ring is 1. The van der Waals surface area contributed by atoms with E-state index in [9.17, 15) is 0 Å². The largest absolute Gasteiger partial charge is 0.394 e.